The monoisotopic (exact) mass is 303 g/mol. The fourth-order valence-corrected chi connectivity index (χ4v) is 2.59. The molecule has 0 radical (unpaired) electrons. The molecule has 0 aliphatic rings. The Bertz CT molecular complexity index is 1020. The summed E-state index contributed by atoms with van der Waals surface area (Å²) >= 11 is 0. The second-order valence-corrected chi connectivity index (χ2v) is 5.15. The highest BCUT2D eigenvalue weighted by molar-refractivity contribution is 6.05. The number of carbonyl (C=O) groups is 1. The molecule has 0 aromatic carbocycles. The third-order valence-corrected chi connectivity index (χ3v) is 3.78. The molecule has 2 N–H and O–H groups in total. The van der Waals surface area contributed by atoms with Gasteiger partial charge in [0.2, 0.25) is 0 Å². The minimum Gasteiger partial charge on any atom is -0.354 e. The maximum Gasteiger partial charge on any atom is 0.269 e. The van der Waals surface area contributed by atoms with Crippen LogP contribution in [-0.2, 0) is 0 Å². The molecule has 0 fully saturated rings. The predicted molar refractivity (Wildman–Crippen MR) is 88.0 cm³/mol. The van der Waals surface area contributed by atoms with Crippen LogP contribution in [0.1, 0.15) is 10.5 Å². The summed E-state index contributed by atoms with van der Waals surface area (Å²) < 4.78 is 0. The van der Waals surface area contributed by atoms with Crippen molar-refractivity contribution in [1.29, 1.82) is 0 Å². The molecule has 0 saturated heterocycles. The van der Waals surface area contributed by atoms with E-state index in [0.29, 0.717) is 5.69 Å². The van der Waals surface area contributed by atoms with Crippen molar-refractivity contribution in [2.75, 3.05) is 7.05 Å². The van der Waals surface area contributed by atoms with E-state index in [9.17, 15) is 4.79 Å². The molecule has 4 aromatic rings. The van der Waals surface area contributed by atoms with Crippen molar-refractivity contribution < 1.29 is 4.79 Å². The van der Waals surface area contributed by atoms with Crippen LogP contribution in [-0.4, -0.2) is 32.9 Å². The van der Waals surface area contributed by atoms with Gasteiger partial charge >= 0.3 is 0 Å². The molecule has 0 unspecified atom stereocenters. The number of aromatic nitrogens is 4. The van der Waals surface area contributed by atoms with E-state index in [2.05, 4.69) is 25.3 Å². The topological polar surface area (TPSA) is 83.6 Å². The number of hydrogen-bond donors (Lipinski definition) is 2. The molecule has 0 bridgehead atoms. The third kappa shape index (κ3) is 2.20. The number of nitrogens with one attached hydrogen (secondary N) is 2. The molecule has 6 heteroatoms. The average molecular weight is 303 g/mol. The van der Waals surface area contributed by atoms with Gasteiger partial charge in [0.25, 0.3) is 5.91 Å². The number of rotatable bonds is 2. The van der Waals surface area contributed by atoms with E-state index < -0.39 is 0 Å². The van der Waals surface area contributed by atoms with E-state index in [1.165, 1.54) is 0 Å². The van der Waals surface area contributed by atoms with Crippen LogP contribution in [0.4, 0.5) is 0 Å². The molecule has 0 aliphatic carbocycles. The fraction of sp³-hybridized carbons (Fsp3) is 0.0588. The van der Waals surface area contributed by atoms with Crippen molar-refractivity contribution in [3.63, 3.8) is 0 Å². The minimum absolute atomic E-state index is 0.205. The summed E-state index contributed by atoms with van der Waals surface area (Å²) in [4.78, 5) is 27.8. The Hall–Kier alpha value is -3.28. The lowest BCUT2D eigenvalue weighted by Gasteiger charge is -2.02. The SMILES string of the molecule is CNC(=O)c1ccc(-c2ccc3c(n2)[nH]c2ccncc23)cn1. The first-order chi connectivity index (χ1) is 11.3. The van der Waals surface area contributed by atoms with Crippen molar-refractivity contribution in [2.24, 2.45) is 0 Å². The summed E-state index contributed by atoms with van der Waals surface area (Å²) in [5, 5.41) is 4.64. The van der Waals surface area contributed by atoms with E-state index in [1.54, 1.807) is 25.5 Å². The maximum absolute atomic E-state index is 11.5. The third-order valence-electron chi connectivity index (χ3n) is 3.78. The van der Waals surface area contributed by atoms with Gasteiger partial charge in [-0.25, -0.2) is 4.98 Å². The highest BCUT2D eigenvalue weighted by Gasteiger charge is 2.09. The molecule has 112 valence electrons. The van der Waals surface area contributed by atoms with E-state index in [1.807, 2.05) is 30.5 Å². The summed E-state index contributed by atoms with van der Waals surface area (Å²) in [6.45, 7) is 0. The van der Waals surface area contributed by atoms with Crippen molar-refractivity contribution in [3.8, 4) is 11.3 Å². The Kier molecular flexibility index (Phi) is 3.01. The van der Waals surface area contributed by atoms with Gasteiger partial charge in [0, 0.05) is 42.0 Å². The second kappa shape index (κ2) is 5.17. The van der Waals surface area contributed by atoms with Crippen LogP contribution in [0, 0.1) is 0 Å². The van der Waals surface area contributed by atoms with Gasteiger partial charge in [-0.05, 0) is 30.3 Å². The Labute approximate surface area is 131 Å². The largest absolute Gasteiger partial charge is 0.354 e. The zero-order valence-corrected chi connectivity index (χ0v) is 12.4. The smallest absolute Gasteiger partial charge is 0.269 e. The van der Waals surface area contributed by atoms with Gasteiger partial charge in [0.15, 0.2) is 0 Å². The van der Waals surface area contributed by atoms with Crippen LogP contribution in [0.5, 0.6) is 0 Å². The highest BCUT2D eigenvalue weighted by Crippen LogP contribution is 2.26. The number of pyridine rings is 3. The van der Waals surface area contributed by atoms with Gasteiger partial charge in [-0.3, -0.25) is 14.8 Å². The molecule has 1 amide bonds. The van der Waals surface area contributed by atoms with Crippen LogP contribution < -0.4 is 5.32 Å². The van der Waals surface area contributed by atoms with Crippen LogP contribution in [0.25, 0.3) is 33.2 Å². The van der Waals surface area contributed by atoms with Crippen LogP contribution in [0.15, 0.2) is 48.9 Å². The van der Waals surface area contributed by atoms with Crippen LogP contribution in [0.3, 0.4) is 0 Å². The van der Waals surface area contributed by atoms with Crippen molar-refractivity contribution in [1.82, 2.24) is 25.3 Å². The summed E-state index contributed by atoms with van der Waals surface area (Å²) in [6.07, 6.45) is 5.23. The van der Waals surface area contributed by atoms with Crippen LogP contribution in [0.2, 0.25) is 0 Å². The average Bonchev–Trinajstić information content (AvgIpc) is 2.99. The van der Waals surface area contributed by atoms with E-state index >= 15 is 0 Å². The first-order valence-corrected chi connectivity index (χ1v) is 7.17. The van der Waals surface area contributed by atoms with E-state index in [0.717, 1.165) is 33.2 Å². The van der Waals surface area contributed by atoms with Crippen molar-refractivity contribution >= 4 is 27.8 Å². The number of aromatic amines is 1. The molecule has 0 atom stereocenters. The molecule has 0 aliphatic heterocycles. The van der Waals surface area contributed by atoms with E-state index in [4.69, 9.17) is 0 Å². The minimum atomic E-state index is -0.205. The molecule has 4 rings (SSSR count). The Morgan fingerprint density at radius 1 is 1.09 bits per heavy atom. The quantitative estimate of drug-likeness (QED) is 0.596. The molecule has 0 spiro atoms. The van der Waals surface area contributed by atoms with Crippen molar-refractivity contribution in [2.45, 2.75) is 0 Å². The first-order valence-electron chi connectivity index (χ1n) is 7.17. The highest BCUT2D eigenvalue weighted by atomic mass is 16.1. The van der Waals surface area contributed by atoms with Crippen molar-refractivity contribution in [3.05, 3.63) is 54.6 Å². The standard InChI is InChI=1S/C17H13N5O/c1-18-17(23)15-4-2-10(8-20-15)13-5-3-11-12-9-19-7-6-14(12)22-16(11)21-13/h2-9H,1H3,(H,18,23)(H,21,22). The molecular formula is C17H13N5O. The number of hydrogen-bond acceptors (Lipinski definition) is 4. The van der Waals surface area contributed by atoms with Gasteiger partial charge in [-0.2, -0.15) is 0 Å². The summed E-state index contributed by atoms with van der Waals surface area (Å²) in [7, 11) is 1.58. The van der Waals surface area contributed by atoms with E-state index in [-0.39, 0.29) is 5.91 Å². The number of nitrogens with zero attached hydrogens (tertiary/aromatic N) is 3. The molecule has 0 saturated carbocycles. The Balaban J connectivity index is 1.79. The number of carbonyl (C=O) groups excluding carboxylic acids is 1. The van der Waals surface area contributed by atoms with Gasteiger partial charge < -0.3 is 10.3 Å². The normalized spacial score (nSPS) is 11.0. The second-order valence-electron chi connectivity index (χ2n) is 5.15. The first kappa shape index (κ1) is 13.4. The molecular weight excluding hydrogens is 290 g/mol. The van der Waals surface area contributed by atoms with Gasteiger partial charge in [-0.1, -0.05) is 0 Å². The fourth-order valence-electron chi connectivity index (χ4n) is 2.59. The lowest BCUT2D eigenvalue weighted by Crippen LogP contribution is -2.18. The lowest BCUT2D eigenvalue weighted by molar-refractivity contribution is 0.0958. The predicted octanol–water partition coefficient (Wildman–Crippen LogP) is 2.53. The zero-order chi connectivity index (χ0) is 15.8. The Morgan fingerprint density at radius 2 is 2.00 bits per heavy atom. The van der Waals surface area contributed by atoms with Crippen LogP contribution >= 0.6 is 0 Å². The zero-order valence-electron chi connectivity index (χ0n) is 12.4. The lowest BCUT2D eigenvalue weighted by atomic mass is 10.1. The molecule has 6 nitrogen and oxygen atoms in total. The molecule has 23 heavy (non-hydrogen) atoms. The summed E-state index contributed by atoms with van der Waals surface area (Å²) in [6, 6.07) is 9.42. The molecule has 4 heterocycles. The van der Waals surface area contributed by atoms with Gasteiger partial charge in [0.1, 0.15) is 11.3 Å². The number of H-pyrrole nitrogens is 1. The van der Waals surface area contributed by atoms with Gasteiger partial charge in [0.05, 0.1) is 11.2 Å². The van der Waals surface area contributed by atoms with Gasteiger partial charge in [-0.15, -0.1) is 0 Å². The Morgan fingerprint density at radius 3 is 2.78 bits per heavy atom. The summed E-state index contributed by atoms with van der Waals surface area (Å²) in [5.41, 5.74) is 3.85. The summed E-state index contributed by atoms with van der Waals surface area (Å²) in [5.74, 6) is -0.205. The maximum atomic E-state index is 11.5. The molecule has 4 aromatic heterocycles. The number of fused-ring (bicyclic) bond motifs is 3. The number of amides is 1.